The number of pyridine rings is 1. The highest BCUT2D eigenvalue weighted by Crippen LogP contribution is 2.24. The number of nitrogens with one attached hydrogen (secondary N) is 6. The van der Waals surface area contributed by atoms with Crippen molar-refractivity contribution in [3.05, 3.63) is 324 Å². The van der Waals surface area contributed by atoms with E-state index in [1.807, 2.05) is 258 Å². The molecule has 6 aliphatic heterocycles. The highest BCUT2D eigenvalue weighted by molar-refractivity contribution is 6.21. The quantitative estimate of drug-likeness (QED) is 0.0804. The Kier molecular flexibility index (Phi) is 53.1. The van der Waals surface area contributed by atoms with Crippen molar-refractivity contribution in [3.8, 4) is 0 Å². The Morgan fingerprint density at radius 1 is 0.264 bits per heavy atom. The number of carbonyl (C=O) groups is 6. The van der Waals surface area contributed by atoms with E-state index < -0.39 is 0 Å². The standard InChI is InChI=1S/C10H12.2C9H9NO.C9H7NO.C9H10.C8H5NO2.2C8H7NO.C8H8O.9C2H6/c1-2-6-10-8-4-3-7-9(10)5-1;11-9-5-7-3-1-2-4-8(7)6-10-9;11-9-8-4-2-1-3-7(8)5-6-10-9;11-9-6-5-7-3-1-2-4-8(7)10-9;1-2-5-9-7-3-6-8(9)4-1;10-7-5-3-1-2-4-6(5)8(11)9-7;10-8-7-4-2-1-3-6(7)5-9-8;10-8-5-6-3-1-2-4-7(6)9-8;1-2-4-8-6-9-5-7(8)3-1;9*1-2/h1-2,5-6H,3-4,7-8H2;2*1-4H,5-6H2,(H,10,11);1-6H,(H,10,11);1-2,4-5H,3,6-7H2;1-4H,(H,9,10,11);2*1-4H,5H2,(H,9,10);1-4H,5-6H2;9*1-2H3. The van der Waals surface area contributed by atoms with Gasteiger partial charge in [0.1, 0.15) is 0 Å². The first-order valence-corrected chi connectivity index (χ1v) is 40.3. The van der Waals surface area contributed by atoms with E-state index in [9.17, 15) is 33.6 Å². The normalized spacial score (nSPS) is 12.7. The maximum Gasteiger partial charge on any atom is 0.258 e. The van der Waals surface area contributed by atoms with E-state index in [1.54, 1.807) is 46.5 Å². The zero-order valence-corrected chi connectivity index (χ0v) is 69.3. The summed E-state index contributed by atoms with van der Waals surface area (Å²) < 4.78 is 5.21. The summed E-state index contributed by atoms with van der Waals surface area (Å²) in [6.45, 7) is 39.8. The van der Waals surface area contributed by atoms with Gasteiger partial charge in [-0.25, -0.2) is 0 Å². The van der Waals surface area contributed by atoms with Gasteiger partial charge < -0.3 is 31.0 Å². The van der Waals surface area contributed by atoms with Crippen LogP contribution in [0.4, 0.5) is 5.69 Å². The van der Waals surface area contributed by atoms with Crippen molar-refractivity contribution in [1.82, 2.24) is 26.3 Å². The van der Waals surface area contributed by atoms with Gasteiger partial charge in [-0.05, 0) is 160 Å². The first-order valence-electron chi connectivity index (χ1n) is 40.3. The average molecular weight is 1490 g/mol. The maximum atomic E-state index is 11.2. The van der Waals surface area contributed by atoms with Gasteiger partial charge >= 0.3 is 0 Å². The Labute approximate surface area is 659 Å². The predicted molar refractivity (Wildman–Crippen MR) is 462 cm³/mol. The Morgan fingerprint density at radius 3 is 1.11 bits per heavy atom. The lowest BCUT2D eigenvalue weighted by atomic mass is 9.92. The molecule has 1 aromatic heterocycles. The molecule has 110 heavy (non-hydrogen) atoms. The van der Waals surface area contributed by atoms with Crippen molar-refractivity contribution in [1.29, 1.82) is 0 Å². The molecule has 2 aliphatic carbocycles. The summed E-state index contributed by atoms with van der Waals surface area (Å²) in [4.78, 5) is 79.3. The fourth-order valence-electron chi connectivity index (χ4n) is 11.5. The van der Waals surface area contributed by atoms with Gasteiger partial charge in [0, 0.05) is 48.0 Å². The van der Waals surface area contributed by atoms with E-state index in [-0.39, 0.29) is 41.0 Å². The van der Waals surface area contributed by atoms with E-state index in [0.29, 0.717) is 37.1 Å². The van der Waals surface area contributed by atoms with Gasteiger partial charge in [0.25, 0.3) is 23.6 Å². The fraction of sp³-hybridized carbons (Fsp3) is 0.344. The third kappa shape index (κ3) is 33.3. The van der Waals surface area contributed by atoms with Crippen LogP contribution in [-0.2, 0) is 85.6 Å². The van der Waals surface area contributed by atoms with Crippen molar-refractivity contribution >= 4 is 52.0 Å². The van der Waals surface area contributed by atoms with Gasteiger partial charge in [0.05, 0.1) is 37.2 Å². The van der Waals surface area contributed by atoms with Crippen molar-refractivity contribution in [2.75, 3.05) is 11.9 Å². The minimum Gasteiger partial charge on any atom is -0.372 e. The summed E-state index contributed by atoms with van der Waals surface area (Å²) in [5, 5.41) is 14.4. The fourth-order valence-corrected chi connectivity index (χ4v) is 11.5. The molecule has 14 nitrogen and oxygen atoms in total. The van der Waals surface area contributed by atoms with Crippen molar-refractivity contribution < 1.29 is 33.5 Å². The van der Waals surface area contributed by atoms with E-state index in [0.717, 1.165) is 76.2 Å². The maximum absolute atomic E-state index is 11.2. The number of hydrogen-bond acceptors (Lipinski definition) is 8. The third-order valence-corrected chi connectivity index (χ3v) is 16.4. The largest absolute Gasteiger partial charge is 0.372 e. The number of rotatable bonds is 0. The Hall–Kier alpha value is -10.8. The van der Waals surface area contributed by atoms with Crippen LogP contribution in [0.1, 0.15) is 247 Å². The number of aromatic nitrogens is 1. The van der Waals surface area contributed by atoms with Crippen LogP contribution in [-0.4, -0.2) is 47.0 Å². The molecule has 8 aliphatic rings. The summed E-state index contributed by atoms with van der Waals surface area (Å²) in [6, 6.07) is 74.8. The third-order valence-electron chi connectivity index (χ3n) is 16.4. The zero-order valence-electron chi connectivity index (χ0n) is 69.3. The van der Waals surface area contributed by atoms with Crippen LogP contribution < -0.4 is 32.1 Å². The zero-order chi connectivity index (χ0) is 81.9. The number of para-hydroxylation sites is 2. The molecule has 0 radical (unpaired) electrons. The van der Waals surface area contributed by atoms with Crippen LogP contribution in [0.5, 0.6) is 0 Å². The lowest BCUT2D eigenvalue weighted by Gasteiger charge is -2.15. The average Bonchev–Trinajstić information content (AvgIpc) is 1.76. The summed E-state index contributed by atoms with van der Waals surface area (Å²) in [6.07, 6.45) is 11.4. The molecule has 0 saturated heterocycles. The predicted octanol–water partition coefficient (Wildman–Crippen LogP) is 21.7. The second-order valence-corrected chi connectivity index (χ2v) is 22.7. The summed E-state index contributed by atoms with van der Waals surface area (Å²) >= 11 is 0. The van der Waals surface area contributed by atoms with Gasteiger partial charge in [0.15, 0.2) is 0 Å². The van der Waals surface area contributed by atoms with Gasteiger partial charge in [-0.15, -0.1) is 0 Å². The molecule has 0 saturated carbocycles. The molecular formula is C96H128N6O8. The monoisotopic (exact) mass is 1490 g/mol. The number of fused-ring (bicyclic) bond motifs is 9. The SMILES string of the molecule is CC.CC.CC.CC.CC.CC.CC.CC.CC.O=C1Cc2ccccc2CN1.O=C1Cc2ccccc2N1.O=C1NC(=O)c2ccccc21.O=C1NCCc2ccccc21.O=C1NCc2ccccc21.O=c1ccc2ccccc2[nH]1.c1ccc2c(c1)CCC2.c1ccc2c(c1)CCCC2.c1ccc2c(c1)COC2. The first-order chi connectivity index (χ1) is 54.0. The van der Waals surface area contributed by atoms with E-state index in [2.05, 4.69) is 98.3 Å². The van der Waals surface area contributed by atoms with Crippen LogP contribution >= 0.6 is 0 Å². The smallest absolute Gasteiger partial charge is 0.258 e. The van der Waals surface area contributed by atoms with Crippen molar-refractivity contribution in [2.45, 2.75) is 215 Å². The Balaban J connectivity index is 0.000000603. The highest BCUT2D eigenvalue weighted by Gasteiger charge is 2.25. The second-order valence-electron chi connectivity index (χ2n) is 22.7. The lowest BCUT2D eigenvalue weighted by molar-refractivity contribution is -0.121. The summed E-state index contributed by atoms with van der Waals surface area (Å²) in [5.41, 5.74) is 19.2. The van der Waals surface area contributed by atoms with Gasteiger partial charge in [0.2, 0.25) is 17.4 Å². The number of benzene rings is 9. The summed E-state index contributed by atoms with van der Waals surface area (Å²) in [5.74, 6) is -0.261. The minimum absolute atomic E-state index is 0.0515. The molecule has 590 valence electrons. The minimum atomic E-state index is -0.300. The molecule has 0 unspecified atom stereocenters. The molecule has 0 atom stereocenters. The molecule has 0 fully saturated rings. The van der Waals surface area contributed by atoms with Crippen LogP contribution in [0.2, 0.25) is 0 Å². The second kappa shape index (κ2) is 60.1. The molecule has 6 N–H and O–H groups in total. The molecule has 0 spiro atoms. The van der Waals surface area contributed by atoms with E-state index >= 15 is 0 Å². The number of aryl methyl sites for hydroxylation is 4. The number of amides is 6. The molecule has 10 aromatic rings. The van der Waals surface area contributed by atoms with Gasteiger partial charge in [-0.3, -0.25) is 38.9 Å². The Morgan fingerprint density at radius 2 is 0.627 bits per heavy atom. The van der Waals surface area contributed by atoms with E-state index in [4.69, 9.17) is 4.74 Å². The lowest BCUT2D eigenvalue weighted by Crippen LogP contribution is -2.31. The molecule has 18 rings (SSSR count). The number of hydrogen-bond donors (Lipinski definition) is 6. The number of carbonyl (C=O) groups excluding carboxylic acids is 6. The molecule has 0 bridgehead atoms. The molecule has 9 aromatic carbocycles. The van der Waals surface area contributed by atoms with Crippen LogP contribution in [0.15, 0.2) is 235 Å². The van der Waals surface area contributed by atoms with Crippen LogP contribution in [0.25, 0.3) is 10.9 Å². The van der Waals surface area contributed by atoms with Crippen molar-refractivity contribution in [3.63, 3.8) is 0 Å². The van der Waals surface area contributed by atoms with Crippen LogP contribution in [0, 0.1) is 0 Å². The number of anilines is 1. The number of imide groups is 1. The van der Waals surface area contributed by atoms with Gasteiger partial charge in [-0.2, -0.15) is 0 Å². The topological polar surface area (TPSA) is 205 Å². The summed E-state index contributed by atoms with van der Waals surface area (Å²) in [7, 11) is 0. The molecular weight excluding hydrogens is 1370 g/mol. The molecule has 14 heteroatoms. The van der Waals surface area contributed by atoms with Gasteiger partial charge in [-0.1, -0.05) is 307 Å². The number of H-pyrrole nitrogens is 1. The molecule has 7 heterocycles. The Bertz CT molecular complexity index is 4130. The molecule has 6 amide bonds. The van der Waals surface area contributed by atoms with Crippen molar-refractivity contribution in [2.24, 2.45) is 0 Å². The first kappa shape index (κ1) is 97.2. The number of aromatic amines is 1. The number of ether oxygens (including phenoxy) is 1. The highest BCUT2D eigenvalue weighted by atomic mass is 16.5. The van der Waals surface area contributed by atoms with E-state index in [1.165, 1.54) is 67.7 Å². The van der Waals surface area contributed by atoms with Crippen LogP contribution in [0.3, 0.4) is 0 Å².